The van der Waals surface area contributed by atoms with E-state index in [2.05, 4.69) is 0 Å². The van der Waals surface area contributed by atoms with Crippen LogP contribution in [0.1, 0.15) is 5.56 Å². The van der Waals surface area contributed by atoms with Crippen molar-refractivity contribution < 1.29 is 8.78 Å². The van der Waals surface area contributed by atoms with Gasteiger partial charge in [0.1, 0.15) is 11.6 Å². The second-order valence-corrected chi connectivity index (χ2v) is 3.78. The largest absolute Gasteiger partial charge is 0.207 e. The topological polar surface area (TPSA) is 23.8 Å². The predicted molar refractivity (Wildman–Crippen MR) is 61.5 cm³/mol. The molecule has 0 aliphatic carbocycles. The summed E-state index contributed by atoms with van der Waals surface area (Å²) in [7, 11) is 0. The van der Waals surface area contributed by atoms with Crippen molar-refractivity contribution in [1.82, 2.24) is 0 Å². The molecular weight excluding hydrogens is 244 g/mol. The van der Waals surface area contributed by atoms with Gasteiger partial charge >= 0.3 is 0 Å². The van der Waals surface area contributed by atoms with E-state index in [0.717, 1.165) is 0 Å². The summed E-state index contributed by atoms with van der Waals surface area (Å²) in [6.07, 6.45) is 0. The fraction of sp³-hybridized carbons (Fsp3) is 0. The van der Waals surface area contributed by atoms with Crippen LogP contribution in [-0.4, -0.2) is 0 Å². The van der Waals surface area contributed by atoms with Crippen molar-refractivity contribution in [3.05, 3.63) is 58.6 Å². The van der Waals surface area contributed by atoms with Crippen LogP contribution in [0.2, 0.25) is 5.02 Å². The molecule has 2 aromatic carbocycles. The Kier molecular flexibility index (Phi) is 3.08. The summed E-state index contributed by atoms with van der Waals surface area (Å²) in [5, 5.41) is 8.81. The minimum absolute atomic E-state index is 0.116. The lowest BCUT2D eigenvalue weighted by Crippen LogP contribution is -1.89. The molecule has 0 saturated heterocycles. The third-order valence-corrected chi connectivity index (χ3v) is 2.73. The first-order valence-corrected chi connectivity index (χ1v) is 5.15. The van der Waals surface area contributed by atoms with Gasteiger partial charge in [0.25, 0.3) is 0 Å². The van der Waals surface area contributed by atoms with Crippen molar-refractivity contribution in [3.8, 4) is 17.2 Å². The molecule has 0 bridgehead atoms. The van der Waals surface area contributed by atoms with Gasteiger partial charge in [-0.05, 0) is 24.3 Å². The van der Waals surface area contributed by atoms with Crippen LogP contribution in [0.5, 0.6) is 0 Å². The van der Waals surface area contributed by atoms with Crippen molar-refractivity contribution in [2.24, 2.45) is 0 Å². The van der Waals surface area contributed by atoms with Gasteiger partial charge in [-0.1, -0.05) is 23.7 Å². The van der Waals surface area contributed by atoms with Gasteiger partial charge < -0.3 is 0 Å². The molecule has 0 N–H and O–H groups in total. The first kappa shape index (κ1) is 11.6. The smallest absolute Gasteiger partial charge is 0.142 e. The summed E-state index contributed by atoms with van der Waals surface area (Å²) in [5.74, 6) is -1.10. The van der Waals surface area contributed by atoms with Crippen LogP contribution in [0.15, 0.2) is 36.4 Å². The third kappa shape index (κ3) is 2.13. The molecular formula is C13H6ClF2N. The Hall–Kier alpha value is -1.92. The van der Waals surface area contributed by atoms with Crippen LogP contribution in [-0.2, 0) is 0 Å². The zero-order valence-electron chi connectivity index (χ0n) is 8.55. The van der Waals surface area contributed by atoms with Gasteiger partial charge in [-0.3, -0.25) is 0 Å². The molecule has 0 spiro atoms. The van der Waals surface area contributed by atoms with Crippen molar-refractivity contribution in [2.45, 2.75) is 0 Å². The lowest BCUT2D eigenvalue weighted by atomic mass is 10.00. The van der Waals surface area contributed by atoms with Crippen LogP contribution in [0.3, 0.4) is 0 Å². The molecule has 0 aliphatic rings. The van der Waals surface area contributed by atoms with Crippen LogP contribution in [0.25, 0.3) is 11.1 Å². The maximum Gasteiger partial charge on any atom is 0.142 e. The standard InChI is InChI=1S/C13H6ClF2N/c14-13-10(2-1-3-12(13)16)11-6-9(15)5-4-8(11)7-17/h1-6H. The van der Waals surface area contributed by atoms with Gasteiger partial charge in [0.2, 0.25) is 0 Å². The fourth-order valence-electron chi connectivity index (χ4n) is 1.55. The summed E-state index contributed by atoms with van der Waals surface area (Å²) < 4.78 is 26.4. The van der Waals surface area contributed by atoms with E-state index >= 15 is 0 Å². The Morgan fingerprint density at radius 2 is 1.82 bits per heavy atom. The average Bonchev–Trinajstić information content (AvgIpc) is 2.33. The summed E-state index contributed by atoms with van der Waals surface area (Å²) in [5.41, 5.74) is 0.846. The molecule has 2 aromatic rings. The summed E-state index contributed by atoms with van der Waals surface area (Å²) in [6.45, 7) is 0. The highest BCUT2D eigenvalue weighted by molar-refractivity contribution is 6.33. The normalized spacial score (nSPS) is 10.0. The highest BCUT2D eigenvalue weighted by Crippen LogP contribution is 2.32. The summed E-state index contributed by atoms with van der Waals surface area (Å²) in [4.78, 5) is 0. The Bertz CT molecular complexity index is 617. The maximum absolute atomic E-state index is 13.3. The molecule has 0 aromatic heterocycles. The second kappa shape index (κ2) is 4.52. The summed E-state index contributed by atoms with van der Waals surface area (Å²) >= 11 is 5.80. The zero-order valence-corrected chi connectivity index (χ0v) is 9.30. The molecule has 0 fully saturated rings. The van der Waals surface area contributed by atoms with Gasteiger partial charge in [0.05, 0.1) is 16.7 Å². The molecule has 0 aliphatic heterocycles. The molecule has 0 saturated carbocycles. The number of benzene rings is 2. The van der Waals surface area contributed by atoms with Gasteiger partial charge in [-0.15, -0.1) is 0 Å². The van der Waals surface area contributed by atoms with Crippen LogP contribution < -0.4 is 0 Å². The number of nitriles is 1. The number of rotatable bonds is 1. The first-order valence-electron chi connectivity index (χ1n) is 4.77. The molecule has 4 heteroatoms. The van der Waals surface area contributed by atoms with E-state index in [1.165, 1.54) is 30.3 Å². The van der Waals surface area contributed by atoms with Gasteiger partial charge in [-0.2, -0.15) is 5.26 Å². The van der Waals surface area contributed by atoms with E-state index in [-0.39, 0.29) is 16.1 Å². The molecule has 1 nitrogen and oxygen atoms in total. The van der Waals surface area contributed by atoms with E-state index in [4.69, 9.17) is 16.9 Å². The number of nitrogens with zero attached hydrogens (tertiary/aromatic N) is 1. The molecule has 0 atom stereocenters. The Labute approximate surface area is 102 Å². The highest BCUT2D eigenvalue weighted by Gasteiger charge is 2.12. The van der Waals surface area contributed by atoms with Crippen LogP contribution >= 0.6 is 11.6 Å². The van der Waals surface area contributed by atoms with Crippen molar-refractivity contribution >= 4 is 11.6 Å². The molecule has 0 unspecified atom stereocenters. The summed E-state index contributed by atoms with van der Waals surface area (Å²) in [6, 6.07) is 9.81. The van der Waals surface area contributed by atoms with Crippen molar-refractivity contribution in [3.63, 3.8) is 0 Å². The third-order valence-electron chi connectivity index (χ3n) is 2.34. The second-order valence-electron chi connectivity index (χ2n) is 3.40. The van der Waals surface area contributed by atoms with Crippen LogP contribution in [0, 0.1) is 23.0 Å². The lowest BCUT2D eigenvalue weighted by molar-refractivity contribution is 0.626. The van der Waals surface area contributed by atoms with Crippen molar-refractivity contribution in [1.29, 1.82) is 5.26 Å². The quantitative estimate of drug-likeness (QED) is 0.745. The van der Waals surface area contributed by atoms with Gasteiger partial charge in [0.15, 0.2) is 0 Å². The molecule has 0 radical (unpaired) electrons. The number of hydrogen-bond donors (Lipinski definition) is 0. The molecule has 17 heavy (non-hydrogen) atoms. The first-order chi connectivity index (χ1) is 8.13. The van der Waals surface area contributed by atoms with E-state index in [1.54, 1.807) is 6.07 Å². The fourth-order valence-corrected chi connectivity index (χ4v) is 1.78. The maximum atomic E-state index is 13.3. The molecule has 2 rings (SSSR count). The highest BCUT2D eigenvalue weighted by atomic mass is 35.5. The minimum atomic E-state index is -0.600. The molecule has 0 heterocycles. The number of hydrogen-bond acceptors (Lipinski definition) is 1. The van der Waals surface area contributed by atoms with E-state index in [0.29, 0.717) is 5.56 Å². The lowest BCUT2D eigenvalue weighted by Gasteiger charge is -2.07. The van der Waals surface area contributed by atoms with Crippen LogP contribution in [0.4, 0.5) is 8.78 Å². The minimum Gasteiger partial charge on any atom is -0.207 e. The SMILES string of the molecule is N#Cc1ccc(F)cc1-c1cccc(F)c1Cl. The zero-order chi connectivity index (χ0) is 12.4. The monoisotopic (exact) mass is 249 g/mol. The van der Waals surface area contributed by atoms with Gasteiger partial charge in [-0.25, -0.2) is 8.78 Å². The van der Waals surface area contributed by atoms with E-state index in [9.17, 15) is 8.78 Å². The predicted octanol–water partition coefficient (Wildman–Crippen LogP) is 4.16. The Balaban J connectivity index is 2.72. The molecule has 84 valence electrons. The Morgan fingerprint density at radius 3 is 2.53 bits per heavy atom. The molecule has 0 amide bonds. The van der Waals surface area contributed by atoms with Crippen molar-refractivity contribution in [2.75, 3.05) is 0 Å². The van der Waals surface area contributed by atoms with Gasteiger partial charge in [0, 0.05) is 11.1 Å². The number of halogens is 3. The average molecular weight is 250 g/mol. The van der Waals surface area contributed by atoms with E-state index < -0.39 is 11.6 Å². The van der Waals surface area contributed by atoms with E-state index in [1.807, 2.05) is 6.07 Å². The Morgan fingerprint density at radius 1 is 1.06 bits per heavy atom.